The monoisotopic (exact) mass is 752 g/mol. The molecule has 0 bridgehead atoms. The van der Waals surface area contributed by atoms with Crippen LogP contribution in [0.25, 0.3) is 22.3 Å². The molecule has 4 aliphatic rings. The molecule has 0 nitrogen and oxygen atoms in total. The topological polar surface area (TPSA) is 0 Å². The van der Waals surface area contributed by atoms with Gasteiger partial charge in [0.25, 0.3) is 0 Å². The number of rotatable bonds is 1. The average Bonchev–Trinajstić information content (AvgIpc) is 3.68. The number of fused-ring (bicyclic) bond motifs is 5. The van der Waals surface area contributed by atoms with Gasteiger partial charge in [0, 0.05) is 5.41 Å². The van der Waals surface area contributed by atoms with Crippen LogP contribution in [0.4, 0.5) is 0 Å². The molecule has 3 aromatic carbocycles. The predicted molar refractivity (Wildman–Crippen MR) is 197 cm³/mol. The molecule has 4 aliphatic carbocycles. The third-order valence-electron chi connectivity index (χ3n) is 9.64. The Morgan fingerprint density at radius 3 is 1.77 bits per heavy atom. The molecule has 0 spiro atoms. The summed E-state index contributed by atoms with van der Waals surface area (Å²) in [7, 11) is 0. The molecule has 0 aromatic heterocycles. The third-order valence-corrected chi connectivity index (χ3v) is 10.5. The van der Waals surface area contributed by atoms with Crippen LogP contribution in [0.1, 0.15) is 122 Å². The molecule has 0 heterocycles. The van der Waals surface area contributed by atoms with Crippen molar-refractivity contribution >= 4 is 14.9 Å². The molecule has 1 atom stereocenters. The Balaban J connectivity index is 0.000000304. The molecule has 1 unspecified atom stereocenters. The molecule has 3 heteroatoms. The first-order valence-corrected chi connectivity index (χ1v) is 18.3. The summed E-state index contributed by atoms with van der Waals surface area (Å²) in [5.74, 6) is 0.556. The fraction of sp³-hybridized carbons (Fsp3) is 0.400. The molecule has 3 aromatic rings. The van der Waals surface area contributed by atoms with Gasteiger partial charge in [0.05, 0.1) is 0 Å². The van der Waals surface area contributed by atoms with E-state index < -0.39 is 0 Å². The van der Waals surface area contributed by atoms with E-state index in [0.717, 1.165) is 6.42 Å². The predicted octanol–water partition coefficient (Wildman–Crippen LogP) is 5.84. The summed E-state index contributed by atoms with van der Waals surface area (Å²) in [5.41, 5.74) is 17.6. The van der Waals surface area contributed by atoms with Crippen LogP contribution in [0, 0.1) is 28.9 Å². The summed E-state index contributed by atoms with van der Waals surface area (Å²) in [5, 5.41) is 0. The third kappa shape index (κ3) is 8.28. The van der Waals surface area contributed by atoms with E-state index in [1.54, 1.807) is 0 Å². The van der Waals surface area contributed by atoms with Crippen molar-refractivity contribution in [2.45, 2.75) is 100 Å². The van der Waals surface area contributed by atoms with Gasteiger partial charge in [0.2, 0.25) is 0 Å². The fourth-order valence-electron chi connectivity index (χ4n) is 7.25. The first-order valence-electron chi connectivity index (χ1n) is 16.9. The van der Waals surface area contributed by atoms with E-state index in [1.165, 1.54) is 91.0 Å². The first kappa shape index (κ1) is 40.4. The zero-order valence-corrected chi connectivity index (χ0v) is 35.0. The van der Waals surface area contributed by atoms with E-state index in [4.69, 9.17) is 0 Å². The second kappa shape index (κ2) is 14.7. The van der Waals surface area contributed by atoms with Gasteiger partial charge in [0.15, 0.2) is 0 Å². The Labute approximate surface area is 319 Å². The molecule has 252 valence electrons. The molecule has 0 aliphatic heterocycles. The van der Waals surface area contributed by atoms with Crippen LogP contribution in [0.5, 0.6) is 0 Å². The Kier molecular flexibility index (Phi) is 12.3. The molecule has 48 heavy (non-hydrogen) atoms. The fourth-order valence-corrected chi connectivity index (χ4v) is 7.72. The van der Waals surface area contributed by atoms with Crippen molar-refractivity contribution in [3.05, 3.63) is 129 Å². The van der Waals surface area contributed by atoms with Crippen molar-refractivity contribution in [2.24, 2.45) is 16.7 Å². The normalized spacial score (nSPS) is 18.5. The van der Waals surface area contributed by atoms with Crippen LogP contribution in [0.2, 0.25) is 0 Å². The van der Waals surface area contributed by atoms with Gasteiger partial charge in [-0.15, -0.1) is 18.6 Å². The van der Waals surface area contributed by atoms with Crippen molar-refractivity contribution in [3.8, 4) is 11.1 Å². The van der Waals surface area contributed by atoms with Gasteiger partial charge in [-0.05, 0) is 62.3 Å². The van der Waals surface area contributed by atoms with Gasteiger partial charge < -0.3 is 24.8 Å². The summed E-state index contributed by atoms with van der Waals surface area (Å²) >= 11 is 1.46. The van der Waals surface area contributed by atoms with Gasteiger partial charge in [-0.3, -0.25) is 12.2 Å². The Hall–Kier alpha value is -2.05. The summed E-state index contributed by atoms with van der Waals surface area (Å²) in [6.45, 7) is 27.6. The number of hydrogen-bond donors (Lipinski definition) is 0. The second-order valence-corrected chi connectivity index (χ2v) is 17.5. The van der Waals surface area contributed by atoms with E-state index >= 15 is 0 Å². The number of hydrogen-bond acceptors (Lipinski definition) is 0. The maximum absolute atomic E-state index is 3.85. The van der Waals surface area contributed by atoms with Crippen LogP contribution in [-0.2, 0) is 41.5 Å². The van der Waals surface area contributed by atoms with Crippen molar-refractivity contribution in [2.75, 3.05) is 0 Å². The molecule has 0 saturated heterocycles. The van der Waals surface area contributed by atoms with E-state index in [2.05, 4.69) is 160 Å². The van der Waals surface area contributed by atoms with Crippen molar-refractivity contribution in [3.63, 3.8) is 0 Å². The number of allylic oxidation sites excluding steroid dienone is 8. The molecule has 0 amide bonds. The van der Waals surface area contributed by atoms with Crippen LogP contribution in [0.15, 0.2) is 78.4 Å². The van der Waals surface area contributed by atoms with Crippen molar-refractivity contribution in [1.82, 2.24) is 0 Å². The van der Waals surface area contributed by atoms with Crippen LogP contribution >= 0.6 is 0 Å². The molecule has 0 radical (unpaired) electrons. The van der Waals surface area contributed by atoms with E-state index in [1.807, 2.05) is 12.1 Å². The van der Waals surface area contributed by atoms with Crippen LogP contribution in [-0.4, -0.2) is 3.71 Å². The SMILES string of the molecule is CC(C)(C)C1=[C-]C(C)(C)c2cc3c(cc21)-c1cc2c(cc1C3)C(C)(C)C=C2C(C)(C)C.CC1=CC(C)[C-]=C1.[Cl-].[Cl-].[Zr+2]=[CH]c1ccccc1. The molecule has 0 N–H and O–H groups in total. The quantitative estimate of drug-likeness (QED) is 0.215. The van der Waals surface area contributed by atoms with Gasteiger partial charge in [-0.1, -0.05) is 106 Å². The Bertz CT molecular complexity index is 1700. The molecule has 7 rings (SSSR count). The van der Waals surface area contributed by atoms with Crippen molar-refractivity contribution in [1.29, 1.82) is 0 Å². The van der Waals surface area contributed by atoms with Crippen molar-refractivity contribution < 1.29 is 49.0 Å². The summed E-state index contributed by atoms with van der Waals surface area (Å²) in [6, 6.07) is 20.4. The van der Waals surface area contributed by atoms with Gasteiger partial charge in [0.1, 0.15) is 0 Å². The maximum atomic E-state index is 3.85. The minimum absolute atomic E-state index is 0. The van der Waals surface area contributed by atoms with Gasteiger partial charge >= 0.3 is 63.8 Å². The molecule has 0 saturated carbocycles. The Morgan fingerprint density at radius 1 is 0.771 bits per heavy atom. The molecule has 0 fully saturated rings. The summed E-state index contributed by atoms with van der Waals surface area (Å²) < 4.78 is 2.17. The van der Waals surface area contributed by atoms with E-state index in [9.17, 15) is 0 Å². The number of benzene rings is 3. The summed E-state index contributed by atoms with van der Waals surface area (Å²) in [4.78, 5) is 0. The van der Waals surface area contributed by atoms with E-state index in [0.29, 0.717) is 5.92 Å². The zero-order valence-electron chi connectivity index (χ0n) is 31.0. The van der Waals surface area contributed by atoms with Gasteiger partial charge in [-0.2, -0.15) is 11.6 Å². The summed E-state index contributed by atoms with van der Waals surface area (Å²) in [6.07, 6.45) is 14.8. The van der Waals surface area contributed by atoms with Crippen LogP contribution in [0.3, 0.4) is 0 Å². The zero-order chi connectivity index (χ0) is 33.8. The number of halogens is 2. The average molecular weight is 755 g/mol. The molecular weight excluding hydrogens is 703 g/mol. The van der Waals surface area contributed by atoms with Crippen LogP contribution < -0.4 is 24.8 Å². The standard InChI is InChI=1S/C31H37.C7H9.C7H6.2ClH.Zr/c1-28(2,3)26-16-30(7,8)24-12-18-11-19-13-25-23(15-21(19)20(18)14-22(24)26)27(29(4,5)6)17-31(25,9)10;1-6-3-4-7(2)5-6;1-7-5-3-2-4-6-7;;;/h12-16H,11H2,1-10H3;3,5,7H,1-2H3;1-6H;2*1H;/q2*-1;;;;+2/p-2. The van der Waals surface area contributed by atoms with E-state index in [-0.39, 0.29) is 46.5 Å². The minimum atomic E-state index is -0.0202. The molecular formula is C45H52Cl2Zr-2. The van der Waals surface area contributed by atoms with Gasteiger partial charge in [-0.25, -0.2) is 17.2 Å². The Morgan fingerprint density at radius 2 is 1.33 bits per heavy atom. The second-order valence-electron chi connectivity index (χ2n) is 16.8. The first-order chi connectivity index (χ1) is 21.3.